The number of carbonyl (C=O) groups is 2. The van der Waals surface area contributed by atoms with Crippen LogP contribution >= 0.6 is 0 Å². The summed E-state index contributed by atoms with van der Waals surface area (Å²) in [4.78, 5) is 27.6. The van der Waals surface area contributed by atoms with Gasteiger partial charge in [-0.05, 0) is 42.8 Å². The van der Waals surface area contributed by atoms with Gasteiger partial charge in [-0.1, -0.05) is 32.3 Å². The number of rotatable bonds is 9. The zero-order valence-corrected chi connectivity index (χ0v) is 15.1. The van der Waals surface area contributed by atoms with Crippen molar-refractivity contribution in [3.63, 3.8) is 0 Å². The maximum absolute atomic E-state index is 12.2. The highest BCUT2D eigenvalue weighted by Crippen LogP contribution is 2.19. The molecule has 0 aliphatic carbocycles. The molecule has 2 rings (SSSR count). The van der Waals surface area contributed by atoms with Crippen LogP contribution in [0.1, 0.15) is 53.6 Å². The van der Waals surface area contributed by atoms with E-state index < -0.39 is 11.9 Å². The van der Waals surface area contributed by atoms with Gasteiger partial charge in [0.1, 0.15) is 22.9 Å². The van der Waals surface area contributed by atoms with E-state index in [1.165, 1.54) is 32.1 Å². The Hall–Kier alpha value is -2.89. The summed E-state index contributed by atoms with van der Waals surface area (Å²) in [6.07, 6.45) is 4.58. The molecule has 6 heteroatoms. The van der Waals surface area contributed by atoms with Gasteiger partial charge in [-0.3, -0.25) is 0 Å². The van der Waals surface area contributed by atoms with Gasteiger partial charge in [-0.25, -0.2) is 14.6 Å². The average molecular weight is 357 g/mol. The molecule has 0 atom stereocenters. The second kappa shape index (κ2) is 10.2. The number of pyridine rings is 1. The molecule has 0 aliphatic heterocycles. The number of carbonyl (C=O) groups excluding carboxylic acids is 2. The Kier molecular flexibility index (Phi) is 7.61. The van der Waals surface area contributed by atoms with E-state index in [4.69, 9.17) is 9.47 Å². The molecular weight excluding hydrogens is 334 g/mol. The lowest BCUT2D eigenvalue weighted by Crippen LogP contribution is -2.13. The molecular formula is C20H23NO5. The summed E-state index contributed by atoms with van der Waals surface area (Å²) in [5, 5.41) is 0. The van der Waals surface area contributed by atoms with Crippen molar-refractivity contribution in [2.75, 3.05) is 13.7 Å². The molecule has 138 valence electrons. The zero-order valence-electron chi connectivity index (χ0n) is 15.1. The van der Waals surface area contributed by atoms with Crippen molar-refractivity contribution < 1.29 is 23.8 Å². The number of benzene rings is 1. The number of ether oxygens (including phenoxy) is 3. The molecule has 6 nitrogen and oxygen atoms in total. The first kappa shape index (κ1) is 19.4. The van der Waals surface area contributed by atoms with E-state index in [2.05, 4.69) is 16.6 Å². The van der Waals surface area contributed by atoms with Crippen molar-refractivity contribution in [3.05, 3.63) is 53.9 Å². The van der Waals surface area contributed by atoms with Crippen molar-refractivity contribution in [1.82, 2.24) is 4.98 Å². The number of aromatic nitrogens is 1. The van der Waals surface area contributed by atoms with E-state index in [1.807, 2.05) is 0 Å². The van der Waals surface area contributed by atoms with Crippen LogP contribution in [-0.4, -0.2) is 30.6 Å². The van der Waals surface area contributed by atoms with Gasteiger partial charge in [0.2, 0.25) is 0 Å². The van der Waals surface area contributed by atoms with Gasteiger partial charge in [0.25, 0.3) is 0 Å². The van der Waals surface area contributed by atoms with Gasteiger partial charge in [0.15, 0.2) is 0 Å². The highest BCUT2D eigenvalue weighted by molar-refractivity contribution is 5.92. The molecule has 0 spiro atoms. The van der Waals surface area contributed by atoms with E-state index in [-0.39, 0.29) is 11.4 Å². The Balaban J connectivity index is 1.90. The smallest absolute Gasteiger partial charge is 0.362 e. The molecule has 0 N–H and O–H groups in total. The van der Waals surface area contributed by atoms with Crippen molar-refractivity contribution in [1.29, 1.82) is 0 Å². The minimum absolute atomic E-state index is 0.0316. The molecule has 1 heterocycles. The Morgan fingerprint density at radius 1 is 0.885 bits per heavy atom. The summed E-state index contributed by atoms with van der Waals surface area (Å²) in [7, 11) is 1.25. The number of esters is 2. The van der Waals surface area contributed by atoms with Crippen LogP contribution in [0.4, 0.5) is 0 Å². The Labute approximate surface area is 153 Å². The molecule has 0 amide bonds. The third kappa shape index (κ3) is 5.88. The standard InChI is InChI=1S/C20H23NO5/c1-3-4-5-6-14-25-15-10-12-16(13-11-15)26-20(23)18-9-7-8-17(21-18)19(22)24-2/h7-13H,3-6,14H2,1-2H3. The molecule has 1 aromatic carbocycles. The van der Waals surface area contributed by atoms with Crippen molar-refractivity contribution in [2.24, 2.45) is 0 Å². The third-order valence-electron chi connectivity index (χ3n) is 3.65. The molecule has 0 radical (unpaired) electrons. The van der Waals surface area contributed by atoms with Gasteiger partial charge in [0, 0.05) is 0 Å². The van der Waals surface area contributed by atoms with Crippen LogP contribution in [-0.2, 0) is 4.74 Å². The normalized spacial score (nSPS) is 10.2. The predicted octanol–water partition coefficient (Wildman–Crippen LogP) is 4.05. The summed E-state index contributed by atoms with van der Waals surface area (Å²) < 4.78 is 15.5. The molecule has 0 aliphatic rings. The molecule has 0 fully saturated rings. The van der Waals surface area contributed by atoms with Crippen LogP contribution in [0.25, 0.3) is 0 Å². The summed E-state index contributed by atoms with van der Waals surface area (Å²) in [6.45, 7) is 2.84. The molecule has 0 bridgehead atoms. The highest BCUT2D eigenvalue weighted by atomic mass is 16.5. The van der Waals surface area contributed by atoms with Crippen LogP contribution < -0.4 is 9.47 Å². The van der Waals surface area contributed by atoms with Gasteiger partial charge in [-0.15, -0.1) is 0 Å². The Bertz CT molecular complexity index is 727. The molecule has 2 aromatic rings. The predicted molar refractivity (Wildman–Crippen MR) is 96.6 cm³/mol. The van der Waals surface area contributed by atoms with E-state index in [1.54, 1.807) is 30.3 Å². The summed E-state index contributed by atoms with van der Waals surface area (Å²) >= 11 is 0. The lowest BCUT2D eigenvalue weighted by molar-refractivity contribution is 0.0593. The fraction of sp³-hybridized carbons (Fsp3) is 0.350. The Morgan fingerprint density at radius 3 is 2.19 bits per heavy atom. The fourth-order valence-corrected chi connectivity index (χ4v) is 2.25. The number of hydrogen-bond donors (Lipinski definition) is 0. The maximum Gasteiger partial charge on any atom is 0.362 e. The van der Waals surface area contributed by atoms with Crippen LogP contribution in [0.15, 0.2) is 42.5 Å². The number of nitrogens with zero attached hydrogens (tertiary/aromatic N) is 1. The number of methoxy groups -OCH3 is 1. The molecule has 26 heavy (non-hydrogen) atoms. The second-order valence-electron chi connectivity index (χ2n) is 5.67. The second-order valence-corrected chi connectivity index (χ2v) is 5.67. The van der Waals surface area contributed by atoms with Gasteiger partial charge in [0.05, 0.1) is 13.7 Å². The van der Waals surface area contributed by atoms with Crippen molar-refractivity contribution in [2.45, 2.75) is 32.6 Å². The lowest BCUT2D eigenvalue weighted by atomic mass is 10.2. The van der Waals surface area contributed by atoms with E-state index in [0.29, 0.717) is 12.4 Å². The maximum atomic E-state index is 12.2. The quantitative estimate of drug-likeness (QED) is 0.383. The molecule has 1 aromatic heterocycles. The molecule has 0 unspecified atom stereocenters. The summed E-state index contributed by atoms with van der Waals surface area (Å²) in [6, 6.07) is 11.3. The monoisotopic (exact) mass is 357 g/mol. The van der Waals surface area contributed by atoms with E-state index in [9.17, 15) is 9.59 Å². The number of hydrogen-bond acceptors (Lipinski definition) is 6. The van der Waals surface area contributed by atoms with Crippen LogP contribution in [0.2, 0.25) is 0 Å². The van der Waals surface area contributed by atoms with Crippen molar-refractivity contribution >= 4 is 11.9 Å². The van der Waals surface area contributed by atoms with Crippen LogP contribution in [0.5, 0.6) is 11.5 Å². The SMILES string of the molecule is CCCCCCOc1ccc(OC(=O)c2cccc(C(=O)OC)n2)cc1. The minimum atomic E-state index is -0.649. The first-order chi connectivity index (χ1) is 12.6. The molecule has 0 saturated heterocycles. The van der Waals surface area contributed by atoms with Gasteiger partial charge < -0.3 is 14.2 Å². The van der Waals surface area contributed by atoms with Crippen LogP contribution in [0.3, 0.4) is 0 Å². The first-order valence-corrected chi connectivity index (χ1v) is 8.64. The van der Waals surface area contributed by atoms with Gasteiger partial charge >= 0.3 is 11.9 Å². The third-order valence-corrected chi connectivity index (χ3v) is 3.65. The first-order valence-electron chi connectivity index (χ1n) is 8.64. The van der Waals surface area contributed by atoms with Crippen molar-refractivity contribution in [3.8, 4) is 11.5 Å². The summed E-state index contributed by atoms with van der Waals surface area (Å²) in [5.41, 5.74) is 0.0814. The average Bonchev–Trinajstić information content (AvgIpc) is 2.68. The van der Waals surface area contributed by atoms with E-state index >= 15 is 0 Å². The van der Waals surface area contributed by atoms with Crippen LogP contribution in [0, 0.1) is 0 Å². The topological polar surface area (TPSA) is 74.7 Å². The zero-order chi connectivity index (χ0) is 18.8. The lowest BCUT2D eigenvalue weighted by Gasteiger charge is -2.08. The largest absolute Gasteiger partial charge is 0.494 e. The van der Waals surface area contributed by atoms with E-state index in [0.717, 1.165) is 18.6 Å². The highest BCUT2D eigenvalue weighted by Gasteiger charge is 2.14. The summed E-state index contributed by atoms with van der Waals surface area (Å²) in [5.74, 6) is -0.158. The number of unbranched alkanes of at least 4 members (excludes halogenated alkanes) is 3. The fourth-order valence-electron chi connectivity index (χ4n) is 2.25. The Morgan fingerprint density at radius 2 is 1.54 bits per heavy atom. The van der Waals surface area contributed by atoms with Gasteiger partial charge in [-0.2, -0.15) is 0 Å². The molecule has 0 saturated carbocycles. The minimum Gasteiger partial charge on any atom is -0.494 e.